The van der Waals surface area contributed by atoms with Crippen LogP contribution in [-0.2, 0) is 12.3 Å². The van der Waals surface area contributed by atoms with Crippen molar-refractivity contribution in [2.75, 3.05) is 14.2 Å². The highest BCUT2D eigenvalue weighted by Crippen LogP contribution is 2.28. The average molecular weight is 424 g/mol. The van der Waals surface area contributed by atoms with E-state index in [4.69, 9.17) is 19.0 Å². The van der Waals surface area contributed by atoms with E-state index in [0.717, 1.165) is 5.56 Å². The molecule has 4 aromatic rings. The molecule has 154 valence electrons. The monoisotopic (exact) mass is 424 g/mol. The number of aryl methyl sites for hydroxylation is 1. The summed E-state index contributed by atoms with van der Waals surface area (Å²) >= 11 is 1.39. The van der Waals surface area contributed by atoms with Crippen molar-refractivity contribution in [2.24, 2.45) is 0 Å². The van der Waals surface area contributed by atoms with Gasteiger partial charge in [0, 0.05) is 6.92 Å². The Balaban J connectivity index is 1.74. The van der Waals surface area contributed by atoms with E-state index < -0.39 is 0 Å². The van der Waals surface area contributed by atoms with Crippen molar-refractivity contribution in [2.45, 2.75) is 24.4 Å². The number of benzene rings is 2. The second-order valence-corrected chi connectivity index (χ2v) is 7.45. The van der Waals surface area contributed by atoms with Crippen molar-refractivity contribution in [3.05, 3.63) is 70.1 Å². The molecule has 0 saturated carbocycles. The quantitative estimate of drug-likeness (QED) is 0.329. The Kier molecular flexibility index (Phi) is 5.71. The molecule has 0 aliphatic heterocycles. The third kappa shape index (κ3) is 4.02. The van der Waals surface area contributed by atoms with Crippen LogP contribution in [0.15, 0.2) is 56.9 Å². The van der Waals surface area contributed by atoms with Crippen LogP contribution in [0.1, 0.15) is 17.3 Å². The Morgan fingerprint density at radius 1 is 1.07 bits per heavy atom. The summed E-state index contributed by atoms with van der Waals surface area (Å²) in [4.78, 5) is 22.2. The van der Waals surface area contributed by atoms with E-state index in [0.29, 0.717) is 51.6 Å². The smallest absolute Gasteiger partial charge is 0.262 e. The predicted octanol–water partition coefficient (Wildman–Crippen LogP) is 3.45. The zero-order valence-electron chi connectivity index (χ0n) is 16.8. The molecule has 0 unspecified atom stereocenters. The molecule has 8 nitrogen and oxygen atoms in total. The number of para-hydroxylation sites is 1. The maximum atomic E-state index is 13.3. The minimum atomic E-state index is -0.109. The number of fused-ring (bicyclic) bond motifs is 1. The highest BCUT2D eigenvalue weighted by molar-refractivity contribution is 7.98. The van der Waals surface area contributed by atoms with Crippen molar-refractivity contribution >= 4 is 22.7 Å². The van der Waals surface area contributed by atoms with Gasteiger partial charge in [0.1, 0.15) is 0 Å². The van der Waals surface area contributed by atoms with Crippen LogP contribution in [0.2, 0.25) is 0 Å². The number of nitrogens with zero attached hydrogens (tertiary/aromatic N) is 4. The van der Waals surface area contributed by atoms with Crippen molar-refractivity contribution in [3.8, 4) is 11.5 Å². The van der Waals surface area contributed by atoms with Gasteiger partial charge in [-0.2, -0.15) is 4.98 Å². The summed E-state index contributed by atoms with van der Waals surface area (Å²) in [5.74, 6) is 2.73. The topological polar surface area (TPSA) is 92.3 Å². The predicted molar refractivity (Wildman–Crippen MR) is 113 cm³/mol. The maximum Gasteiger partial charge on any atom is 0.262 e. The van der Waals surface area contributed by atoms with Crippen LogP contribution in [0.3, 0.4) is 0 Å². The van der Waals surface area contributed by atoms with E-state index in [-0.39, 0.29) is 5.56 Å². The van der Waals surface area contributed by atoms with Crippen LogP contribution in [0, 0.1) is 6.92 Å². The molecule has 2 aromatic carbocycles. The van der Waals surface area contributed by atoms with E-state index in [1.807, 2.05) is 36.4 Å². The first-order valence-corrected chi connectivity index (χ1v) is 10.2. The first-order valence-electron chi connectivity index (χ1n) is 9.21. The third-order valence-corrected chi connectivity index (χ3v) is 5.49. The number of methoxy groups -OCH3 is 2. The van der Waals surface area contributed by atoms with Gasteiger partial charge < -0.3 is 14.0 Å². The van der Waals surface area contributed by atoms with Crippen LogP contribution in [-0.4, -0.2) is 33.9 Å². The highest BCUT2D eigenvalue weighted by Gasteiger charge is 2.15. The summed E-state index contributed by atoms with van der Waals surface area (Å²) in [6.45, 7) is 2.08. The van der Waals surface area contributed by atoms with Gasteiger partial charge in [-0.3, -0.25) is 9.36 Å². The van der Waals surface area contributed by atoms with Crippen molar-refractivity contribution in [1.82, 2.24) is 19.7 Å². The van der Waals surface area contributed by atoms with Gasteiger partial charge in [-0.25, -0.2) is 4.98 Å². The highest BCUT2D eigenvalue weighted by atomic mass is 32.2. The van der Waals surface area contributed by atoms with Gasteiger partial charge in [0.25, 0.3) is 5.56 Å². The summed E-state index contributed by atoms with van der Waals surface area (Å²) in [5, 5.41) is 5.07. The van der Waals surface area contributed by atoms with Gasteiger partial charge in [-0.05, 0) is 29.8 Å². The average Bonchev–Trinajstić information content (AvgIpc) is 3.19. The van der Waals surface area contributed by atoms with Gasteiger partial charge >= 0.3 is 0 Å². The Morgan fingerprint density at radius 2 is 1.87 bits per heavy atom. The van der Waals surface area contributed by atoms with Crippen molar-refractivity contribution < 1.29 is 14.0 Å². The fraction of sp³-hybridized carbons (Fsp3) is 0.238. The largest absolute Gasteiger partial charge is 0.493 e. The SMILES string of the molecule is COc1ccc(Cn2c(SCc3noc(C)n3)nc3ccccc3c2=O)cc1OC. The van der Waals surface area contributed by atoms with Gasteiger partial charge in [0.15, 0.2) is 22.5 Å². The van der Waals surface area contributed by atoms with Gasteiger partial charge in [0.05, 0.1) is 37.4 Å². The van der Waals surface area contributed by atoms with Crippen LogP contribution >= 0.6 is 11.8 Å². The molecule has 0 N–H and O–H groups in total. The number of hydrogen-bond donors (Lipinski definition) is 0. The van der Waals surface area contributed by atoms with Crippen LogP contribution in [0.5, 0.6) is 11.5 Å². The fourth-order valence-corrected chi connectivity index (χ4v) is 3.93. The Morgan fingerprint density at radius 3 is 2.60 bits per heavy atom. The minimum Gasteiger partial charge on any atom is -0.493 e. The molecule has 0 atom stereocenters. The molecular weight excluding hydrogens is 404 g/mol. The number of ether oxygens (including phenoxy) is 2. The zero-order chi connectivity index (χ0) is 21.1. The van der Waals surface area contributed by atoms with E-state index in [1.165, 1.54) is 11.8 Å². The van der Waals surface area contributed by atoms with Gasteiger partial charge in [0.2, 0.25) is 5.89 Å². The Bertz CT molecular complexity index is 1250. The summed E-state index contributed by atoms with van der Waals surface area (Å²) in [7, 11) is 3.17. The lowest BCUT2D eigenvalue weighted by atomic mass is 10.2. The van der Waals surface area contributed by atoms with Gasteiger partial charge in [-0.15, -0.1) is 0 Å². The molecule has 2 heterocycles. The van der Waals surface area contributed by atoms with E-state index >= 15 is 0 Å². The third-order valence-electron chi connectivity index (χ3n) is 4.52. The molecule has 0 radical (unpaired) electrons. The molecule has 0 fully saturated rings. The fourth-order valence-electron chi connectivity index (χ4n) is 3.09. The molecule has 9 heteroatoms. The first kappa shape index (κ1) is 20.0. The molecule has 0 spiro atoms. The number of hydrogen-bond acceptors (Lipinski definition) is 8. The zero-order valence-corrected chi connectivity index (χ0v) is 17.6. The standard InChI is InChI=1S/C21H20N4O4S/c1-13-22-19(24-29-13)12-30-21-23-16-7-5-4-6-15(16)20(26)25(21)11-14-8-9-17(27-2)18(10-14)28-3/h4-10H,11-12H2,1-3H3. The normalized spacial score (nSPS) is 11.0. The molecule has 30 heavy (non-hydrogen) atoms. The van der Waals surface area contributed by atoms with E-state index in [1.54, 1.807) is 31.8 Å². The molecule has 0 aliphatic rings. The lowest BCUT2D eigenvalue weighted by Gasteiger charge is -2.14. The van der Waals surface area contributed by atoms with Gasteiger partial charge in [-0.1, -0.05) is 35.1 Å². The summed E-state index contributed by atoms with van der Waals surface area (Å²) in [5.41, 5.74) is 1.43. The molecule has 0 aliphatic carbocycles. The Labute approximate surface area is 176 Å². The van der Waals surface area contributed by atoms with Crippen molar-refractivity contribution in [1.29, 1.82) is 0 Å². The number of aromatic nitrogens is 4. The summed E-state index contributed by atoms with van der Waals surface area (Å²) in [6, 6.07) is 12.9. The van der Waals surface area contributed by atoms with E-state index in [2.05, 4.69) is 10.1 Å². The minimum absolute atomic E-state index is 0.109. The first-order chi connectivity index (χ1) is 14.6. The van der Waals surface area contributed by atoms with Crippen LogP contribution in [0.25, 0.3) is 10.9 Å². The van der Waals surface area contributed by atoms with E-state index in [9.17, 15) is 4.79 Å². The molecular formula is C21H20N4O4S. The van der Waals surface area contributed by atoms with Crippen LogP contribution in [0.4, 0.5) is 0 Å². The molecule has 4 rings (SSSR count). The van der Waals surface area contributed by atoms with Crippen LogP contribution < -0.4 is 15.0 Å². The maximum absolute atomic E-state index is 13.3. The Hall–Kier alpha value is -3.33. The number of thioether (sulfide) groups is 1. The van der Waals surface area contributed by atoms with Crippen molar-refractivity contribution in [3.63, 3.8) is 0 Å². The molecule has 2 aromatic heterocycles. The lowest BCUT2D eigenvalue weighted by Crippen LogP contribution is -2.24. The number of rotatable bonds is 7. The molecule has 0 amide bonds. The summed E-state index contributed by atoms with van der Waals surface area (Å²) in [6.07, 6.45) is 0. The second kappa shape index (κ2) is 8.58. The second-order valence-electron chi connectivity index (χ2n) is 6.51. The molecule has 0 bridgehead atoms. The summed E-state index contributed by atoms with van der Waals surface area (Å²) < 4.78 is 17.4. The lowest BCUT2D eigenvalue weighted by molar-refractivity contribution is 0.354. The molecule has 0 saturated heterocycles.